The zero-order valence-electron chi connectivity index (χ0n) is 7.72. The van der Waals surface area contributed by atoms with E-state index in [4.69, 9.17) is 0 Å². The van der Waals surface area contributed by atoms with Gasteiger partial charge in [-0.25, -0.2) is 0 Å². The number of nitro benzene ring substituents is 1. The van der Waals surface area contributed by atoms with Gasteiger partial charge in [-0.1, -0.05) is 30.4 Å². The summed E-state index contributed by atoms with van der Waals surface area (Å²) in [7, 11) is 0. The van der Waals surface area contributed by atoms with E-state index in [1.54, 1.807) is 30.4 Å². The number of hydrogen-bond acceptors (Lipinski definition) is 2. The van der Waals surface area contributed by atoms with Crippen molar-refractivity contribution in [2.24, 2.45) is 0 Å². The molecule has 0 unspecified atom stereocenters. The molecule has 0 saturated carbocycles. The average molecular weight is 189 g/mol. The minimum absolute atomic E-state index is 0.132. The summed E-state index contributed by atoms with van der Waals surface area (Å²) in [4.78, 5) is 10.2. The van der Waals surface area contributed by atoms with Crippen LogP contribution in [0.1, 0.15) is 12.0 Å². The lowest BCUT2D eigenvalue weighted by Crippen LogP contribution is -1.90. The maximum Gasteiger partial charge on any atom is 0.276 e. The average Bonchev–Trinajstić information content (AvgIpc) is 2.19. The summed E-state index contributed by atoms with van der Waals surface area (Å²) in [5.74, 6) is 0. The van der Waals surface area contributed by atoms with E-state index in [1.807, 2.05) is 6.08 Å². The molecule has 0 N–H and O–H groups in total. The second-order valence-electron chi connectivity index (χ2n) is 2.74. The van der Waals surface area contributed by atoms with E-state index in [0.29, 0.717) is 12.0 Å². The molecule has 0 aromatic heterocycles. The van der Waals surface area contributed by atoms with Gasteiger partial charge < -0.3 is 0 Å². The zero-order valence-corrected chi connectivity index (χ0v) is 7.72. The molecule has 1 rings (SSSR count). The Kier molecular flexibility index (Phi) is 3.61. The second-order valence-corrected chi connectivity index (χ2v) is 2.74. The Morgan fingerprint density at radius 3 is 2.79 bits per heavy atom. The smallest absolute Gasteiger partial charge is 0.258 e. The van der Waals surface area contributed by atoms with E-state index >= 15 is 0 Å². The molecule has 0 atom stereocenters. The fourth-order valence-electron chi connectivity index (χ4n) is 1.09. The maximum absolute atomic E-state index is 10.6. The molecule has 0 aliphatic rings. The normalized spacial score (nSPS) is 10.3. The van der Waals surface area contributed by atoms with Crippen LogP contribution in [-0.4, -0.2) is 4.92 Å². The predicted molar refractivity (Wildman–Crippen MR) is 56.9 cm³/mol. The van der Waals surface area contributed by atoms with Crippen molar-refractivity contribution in [3.05, 3.63) is 58.7 Å². The highest BCUT2D eigenvalue weighted by Crippen LogP contribution is 2.18. The van der Waals surface area contributed by atoms with Crippen LogP contribution in [0.5, 0.6) is 0 Å². The summed E-state index contributed by atoms with van der Waals surface area (Å²) in [5.41, 5.74) is 0.757. The van der Waals surface area contributed by atoms with Crippen molar-refractivity contribution in [2.75, 3.05) is 0 Å². The van der Waals surface area contributed by atoms with Crippen molar-refractivity contribution >= 4 is 11.8 Å². The standard InChI is InChI=1S/C11H11NO2/c1-2-3-4-7-10-8-5-6-9-11(10)12(13)14/h2,4-9H,1,3H2/b7-4+. The number of nitro groups is 1. The van der Waals surface area contributed by atoms with E-state index < -0.39 is 0 Å². The molecule has 0 radical (unpaired) electrons. The van der Waals surface area contributed by atoms with Crippen LogP contribution in [-0.2, 0) is 0 Å². The molecule has 0 saturated heterocycles. The lowest BCUT2D eigenvalue weighted by atomic mass is 10.1. The van der Waals surface area contributed by atoms with Crippen molar-refractivity contribution in [3.63, 3.8) is 0 Å². The molecule has 0 aliphatic carbocycles. The third-order valence-corrected chi connectivity index (χ3v) is 1.73. The fraction of sp³-hybridized carbons (Fsp3) is 0.0909. The van der Waals surface area contributed by atoms with Gasteiger partial charge in [0.05, 0.1) is 10.5 Å². The highest BCUT2D eigenvalue weighted by atomic mass is 16.6. The first-order valence-corrected chi connectivity index (χ1v) is 4.26. The minimum Gasteiger partial charge on any atom is -0.258 e. The van der Waals surface area contributed by atoms with Crippen molar-refractivity contribution in [1.82, 2.24) is 0 Å². The lowest BCUT2D eigenvalue weighted by Gasteiger charge is -1.95. The molecule has 14 heavy (non-hydrogen) atoms. The number of benzene rings is 1. The Labute approximate surface area is 82.5 Å². The van der Waals surface area contributed by atoms with Gasteiger partial charge in [0.2, 0.25) is 0 Å². The van der Waals surface area contributed by atoms with Crippen molar-refractivity contribution < 1.29 is 4.92 Å². The first-order valence-electron chi connectivity index (χ1n) is 4.26. The summed E-state index contributed by atoms with van der Waals surface area (Å²) in [6.45, 7) is 3.56. The Balaban J connectivity index is 2.95. The second kappa shape index (κ2) is 4.97. The molecule has 3 nitrogen and oxygen atoms in total. The molecule has 0 bridgehead atoms. The van der Waals surface area contributed by atoms with Crippen LogP contribution in [0.2, 0.25) is 0 Å². The van der Waals surface area contributed by atoms with Crippen LogP contribution < -0.4 is 0 Å². The van der Waals surface area contributed by atoms with Gasteiger partial charge in [-0.05, 0) is 12.5 Å². The number of nitrogens with zero attached hydrogens (tertiary/aromatic N) is 1. The highest BCUT2D eigenvalue weighted by Gasteiger charge is 2.08. The molecule has 1 aromatic carbocycles. The number of hydrogen-bond donors (Lipinski definition) is 0. The lowest BCUT2D eigenvalue weighted by molar-refractivity contribution is -0.385. The van der Waals surface area contributed by atoms with Gasteiger partial charge in [-0.3, -0.25) is 10.1 Å². The van der Waals surface area contributed by atoms with Gasteiger partial charge >= 0.3 is 0 Å². The quantitative estimate of drug-likeness (QED) is 0.414. The Hall–Kier alpha value is -1.90. The van der Waals surface area contributed by atoms with Crippen LogP contribution in [0, 0.1) is 10.1 Å². The number of allylic oxidation sites excluding steroid dienone is 2. The first kappa shape index (κ1) is 10.2. The van der Waals surface area contributed by atoms with E-state index in [-0.39, 0.29) is 10.6 Å². The van der Waals surface area contributed by atoms with Gasteiger partial charge in [0.15, 0.2) is 0 Å². The van der Waals surface area contributed by atoms with Gasteiger partial charge in [-0.2, -0.15) is 0 Å². The van der Waals surface area contributed by atoms with Gasteiger partial charge in [0.1, 0.15) is 0 Å². The molecular weight excluding hydrogens is 178 g/mol. The van der Waals surface area contributed by atoms with Gasteiger partial charge in [0, 0.05) is 6.07 Å². The molecule has 1 aromatic rings. The largest absolute Gasteiger partial charge is 0.276 e. The molecule has 0 aliphatic heterocycles. The Bertz CT molecular complexity index is 369. The summed E-state index contributed by atoms with van der Waals surface area (Å²) in [5, 5.41) is 10.6. The van der Waals surface area contributed by atoms with Crippen molar-refractivity contribution in [1.29, 1.82) is 0 Å². The molecule has 0 amide bonds. The minimum atomic E-state index is -0.381. The van der Waals surface area contributed by atoms with E-state index in [9.17, 15) is 10.1 Å². The third kappa shape index (κ3) is 2.55. The highest BCUT2D eigenvalue weighted by molar-refractivity contribution is 5.60. The van der Waals surface area contributed by atoms with E-state index in [0.717, 1.165) is 0 Å². The van der Waals surface area contributed by atoms with Crippen LogP contribution in [0.3, 0.4) is 0 Å². The summed E-state index contributed by atoms with van der Waals surface area (Å²) in [6, 6.07) is 6.65. The Morgan fingerprint density at radius 2 is 2.14 bits per heavy atom. The fourth-order valence-corrected chi connectivity index (χ4v) is 1.09. The summed E-state index contributed by atoms with van der Waals surface area (Å²) < 4.78 is 0. The monoisotopic (exact) mass is 189 g/mol. The van der Waals surface area contributed by atoms with E-state index in [1.165, 1.54) is 6.07 Å². The van der Waals surface area contributed by atoms with Gasteiger partial charge in [-0.15, -0.1) is 6.58 Å². The van der Waals surface area contributed by atoms with Crippen LogP contribution in [0.15, 0.2) is 43.0 Å². The third-order valence-electron chi connectivity index (χ3n) is 1.73. The predicted octanol–water partition coefficient (Wildman–Crippen LogP) is 3.18. The molecule has 72 valence electrons. The van der Waals surface area contributed by atoms with Crippen LogP contribution >= 0.6 is 0 Å². The SMILES string of the molecule is C=CC/C=C/c1ccccc1[N+](=O)[O-]. The Morgan fingerprint density at radius 1 is 1.43 bits per heavy atom. The van der Waals surface area contributed by atoms with Crippen LogP contribution in [0.4, 0.5) is 5.69 Å². The van der Waals surface area contributed by atoms with Crippen molar-refractivity contribution in [2.45, 2.75) is 6.42 Å². The van der Waals surface area contributed by atoms with Crippen molar-refractivity contribution in [3.8, 4) is 0 Å². The maximum atomic E-state index is 10.6. The topological polar surface area (TPSA) is 43.1 Å². The molecule has 0 spiro atoms. The summed E-state index contributed by atoms with van der Waals surface area (Å²) >= 11 is 0. The molecular formula is C11H11NO2. The molecule has 0 fully saturated rings. The zero-order chi connectivity index (χ0) is 10.4. The molecule has 0 heterocycles. The molecule has 3 heteroatoms. The first-order chi connectivity index (χ1) is 6.75. The van der Waals surface area contributed by atoms with Crippen LogP contribution in [0.25, 0.3) is 6.08 Å². The number of rotatable bonds is 4. The van der Waals surface area contributed by atoms with Gasteiger partial charge in [0.25, 0.3) is 5.69 Å². The van der Waals surface area contributed by atoms with E-state index in [2.05, 4.69) is 6.58 Å². The summed E-state index contributed by atoms with van der Waals surface area (Å²) in [6.07, 6.45) is 6.03. The number of para-hydroxylation sites is 1.